The molecule has 19 heavy (non-hydrogen) atoms. The molecule has 0 unspecified atom stereocenters. The normalized spacial score (nSPS) is 10.7. The summed E-state index contributed by atoms with van der Waals surface area (Å²) >= 11 is 8.12. The van der Waals surface area contributed by atoms with Crippen LogP contribution >= 0.6 is 43.2 Å². The number of hydrogen-bond acceptors (Lipinski definition) is 5. The van der Waals surface area contributed by atoms with E-state index in [1.165, 1.54) is 11.3 Å². The van der Waals surface area contributed by atoms with Crippen molar-refractivity contribution in [2.24, 2.45) is 0 Å². The summed E-state index contributed by atoms with van der Waals surface area (Å²) in [5.41, 5.74) is 0. The van der Waals surface area contributed by atoms with Gasteiger partial charge in [-0.25, -0.2) is 0 Å². The standard InChI is InChI=1S/C11H11Br2N3O2S/c1-6-15-9(18-16-6)3-2-4-14-11(17)8-5-7(12)10(13)19-8/h5H,2-4H2,1H3,(H,14,17). The number of halogens is 2. The summed E-state index contributed by atoms with van der Waals surface area (Å²) in [5.74, 6) is 1.17. The van der Waals surface area contributed by atoms with Gasteiger partial charge in [0.1, 0.15) is 0 Å². The molecule has 0 saturated carbocycles. The molecular weight excluding hydrogens is 398 g/mol. The smallest absolute Gasteiger partial charge is 0.261 e. The molecule has 2 rings (SSSR count). The number of thiophene rings is 1. The Labute approximate surface area is 131 Å². The van der Waals surface area contributed by atoms with E-state index in [1.54, 1.807) is 13.0 Å². The molecule has 0 atom stereocenters. The number of nitrogens with zero attached hydrogens (tertiary/aromatic N) is 2. The Balaban J connectivity index is 1.75. The highest BCUT2D eigenvalue weighted by atomic mass is 79.9. The maximum Gasteiger partial charge on any atom is 0.261 e. The third-order valence-electron chi connectivity index (χ3n) is 2.29. The van der Waals surface area contributed by atoms with E-state index in [-0.39, 0.29) is 5.91 Å². The Morgan fingerprint density at radius 3 is 2.89 bits per heavy atom. The van der Waals surface area contributed by atoms with Gasteiger partial charge in [0.2, 0.25) is 5.89 Å². The van der Waals surface area contributed by atoms with Crippen molar-refractivity contribution >= 4 is 49.1 Å². The second-order valence-corrected chi connectivity index (χ2v) is 7.05. The van der Waals surface area contributed by atoms with E-state index in [0.29, 0.717) is 29.6 Å². The largest absolute Gasteiger partial charge is 0.351 e. The van der Waals surface area contributed by atoms with Crippen molar-refractivity contribution in [1.29, 1.82) is 0 Å². The third kappa shape index (κ3) is 4.12. The summed E-state index contributed by atoms with van der Waals surface area (Å²) in [4.78, 5) is 16.6. The summed E-state index contributed by atoms with van der Waals surface area (Å²) in [6.45, 7) is 2.36. The molecule has 102 valence electrons. The molecule has 5 nitrogen and oxygen atoms in total. The van der Waals surface area contributed by atoms with Crippen molar-refractivity contribution in [3.63, 3.8) is 0 Å². The van der Waals surface area contributed by atoms with E-state index < -0.39 is 0 Å². The van der Waals surface area contributed by atoms with E-state index in [0.717, 1.165) is 14.7 Å². The minimum atomic E-state index is -0.0712. The first-order valence-electron chi connectivity index (χ1n) is 5.58. The average molecular weight is 409 g/mol. The molecule has 0 aliphatic rings. The van der Waals surface area contributed by atoms with Gasteiger partial charge in [0.25, 0.3) is 5.91 Å². The van der Waals surface area contributed by atoms with Gasteiger partial charge in [-0.05, 0) is 51.3 Å². The highest BCUT2D eigenvalue weighted by molar-refractivity contribution is 9.13. The average Bonchev–Trinajstić information content (AvgIpc) is 2.92. The maximum atomic E-state index is 11.8. The SMILES string of the molecule is Cc1noc(CCCNC(=O)c2cc(Br)c(Br)s2)n1. The van der Waals surface area contributed by atoms with Crippen LogP contribution in [0, 0.1) is 6.92 Å². The van der Waals surface area contributed by atoms with Crippen LogP contribution in [0.2, 0.25) is 0 Å². The highest BCUT2D eigenvalue weighted by Crippen LogP contribution is 2.32. The first-order valence-corrected chi connectivity index (χ1v) is 7.98. The van der Waals surface area contributed by atoms with Crippen LogP contribution in [0.1, 0.15) is 27.8 Å². The number of aromatic nitrogens is 2. The van der Waals surface area contributed by atoms with Crippen LogP contribution in [0.4, 0.5) is 0 Å². The van der Waals surface area contributed by atoms with E-state index >= 15 is 0 Å². The number of amides is 1. The molecule has 2 heterocycles. The molecule has 2 aromatic rings. The maximum absolute atomic E-state index is 11.8. The van der Waals surface area contributed by atoms with Gasteiger partial charge >= 0.3 is 0 Å². The Bertz CT molecular complexity index is 563. The minimum Gasteiger partial charge on any atom is -0.351 e. The van der Waals surface area contributed by atoms with Crippen molar-refractivity contribution in [3.05, 3.63) is 30.9 Å². The summed E-state index contributed by atoms with van der Waals surface area (Å²) < 4.78 is 6.80. The lowest BCUT2D eigenvalue weighted by molar-refractivity contribution is 0.0957. The van der Waals surface area contributed by atoms with Crippen LogP contribution < -0.4 is 5.32 Å². The van der Waals surface area contributed by atoms with Crippen molar-refractivity contribution in [1.82, 2.24) is 15.5 Å². The highest BCUT2D eigenvalue weighted by Gasteiger charge is 2.11. The van der Waals surface area contributed by atoms with Crippen LogP contribution in [0.5, 0.6) is 0 Å². The van der Waals surface area contributed by atoms with Crippen molar-refractivity contribution in [2.45, 2.75) is 19.8 Å². The topological polar surface area (TPSA) is 68.0 Å². The van der Waals surface area contributed by atoms with Gasteiger partial charge in [-0.15, -0.1) is 11.3 Å². The lowest BCUT2D eigenvalue weighted by Crippen LogP contribution is -2.23. The number of nitrogens with one attached hydrogen (secondary N) is 1. The van der Waals surface area contributed by atoms with Crippen LogP contribution in [0.25, 0.3) is 0 Å². The Morgan fingerprint density at radius 2 is 2.32 bits per heavy atom. The monoisotopic (exact) mass is 407 g/mol. The molecule has 0 spiro atoms. The molecule has 2 aromatic heterocycles. The Hall–Kier alpha value is -0.730. The molecular formula is C11H11Br2N3O2S. The number of rotatable bonds is 5. The molecule has 0 fully saturated rings. The fraction of sp³-hybridized carbons (Fsp3) is 0.364. The van der Waals surface area contributed by atoms with E-state index in [2.05, 4.69) is 47.3 Å². The number of carbonyl (C=O) groups is 1. The van der Waals surface area contributed by atoms with Crippen molar-refractivity contribution in [3.8, 4) is 0 Å². The van der Waals surface area contributed by atoms with Gasteiger partial charge in [0.15, 0.2) is 5.82 Å². The van der Waals surface area contributed by atoms with Gasteiger partial charge in [-0.1, -0.05) is 5.16 Å². The summed E-state index contributed by atoms with van der Waals surface area (Å²) in [6.07, 6.45) is 1.43. The molecule has 0 bridgehead atoms. The quantitative estimate of drug-likeness (QED) is 0.770. The van der Waals surface area contributed by atoms with Gasteiger partial charge in [-0.2, -0.15) is 4.98 Å². The second kappa shape index (κ2) is 6.62. The second-order valence-electron chi connectivity index (χ2n) is 3.83. The van der Waals surface area contributed by atoms with E-state index in [4.69, 9.17) is 4.52 Å². The zero-order valence-electron chi connectivity index (χ0n) is 10.1. The van der Waals surface area contributed by atoms with Gasteiger partial charge in [-0.3, -0.25) is 4.79 Å². The molecule has 0 saturated heterocycles. The lowest BCUT2D eigenvalue weighted by atomic mass is 10.3. The Morgan fingerprint density at radius 1 is 1.53 bits per heavy atom. The number of hydrogen-bond donors (Lipinski definition) is 1. The van der Waals surface area contributed by atoms with E-state index in [1.807, 2.05) is 0 Å². The van der Waals surface area contributed by atoms with Crippen LogP contribution in [-0.4, -0.2) is 22.6 Å². The fourth-order valence-corrected chi connectivity index (χ4v) is 3.38. The summed E-state index contributed by atoms with van der Waals surface area (Å²) in [6, 6.07) is 1.80. The molecule has 1 amide bonds. The van der Waals surface area contributed by atoms with Crippen LogP contribution in [0.3, 0.4) is 0 Å². The van der Waals surface area contributed by atoms with Crippen LogP contribution in [-0.2, 0) is 6.42 Å². The zero-order chi connectivity index (χ0) is 13.8. The number of carbonyl (C=O) groups excluding carboxylic acids is 1. The Kier molecular flexibility index (Phi) is 5.12. The van der Waals surface area contributed by atoms with Crippen molar-refractivity contribution < 1.29 is 9.32 Å². The molecule has 0 aliphatic heterocycles. The fourth-order valence-electron chi connectivity index (χ4n) is 1.43. The molecule has 0 aromatic carbocycles. The first kappa shape index (κ1) is 14.7. The van der Waals surface area contributed by atoms with Gasteiger partial charge in [0.05, 0.1) is 8.66 Å². The lowest BCUT2D eigenvalue weighted by Gasteiger charge is -2.01. The third-order valence-corrected chi connectivity index (χ3v) is 5.55. The minimum absolute atomic E-state index is 0.0712. The van der Waals surface area contributed by atoms with Gasteiger partial charge in [0, 0.05) is 17.4 Å². The first-order chi connectivity index (χ1) is 9.06. The molecule has 8 heteroatoms. The predicted molar refractivity (Wildman–Crippen MR) is 79.4 cm³/mol. The summed E-state index contributed by atoms with van der Waals surface area (Å²) in [7, 11) is 0. The molecule has 0 radical (unpaired) electrons. The van der Waals surface area contributed by atoms with Crippen LogP contribution in [0.15, 0.2) is 18.8 Å². The molecule has 0 aliphatic carbocycles. The van der Waals surface area contributed by atoms with E-state index in [9.17, 15) is 4.79 Å². The van der Waals surface area contributed by atoms with Gasteiger partial charge < -0.3 is 9.84 Å². The van der Waals surface area contributed by atoms with Crippen molar-refractivity contribution in [2.75, 3.05) is 6.54 Å². The predicted octanol–water partition coefficient (Wildman–Crippen LogP) is 3.33. The summed E-state index contributed by atoms with van der Waals surface area (Å²) in [5, 5.41) is 6.56. The molecule has 1 N–H and O–H groups in total. The number of aryl methyl sites for hydroxylation is 2. The zero-order valence-corrected chi connectivity index (χ0v) is 14.1.